The van der Waals surface area contributed by atoms with E-state index in [1.807, 2.05) is 18.2 Å². The van der Waals surface area contributed by atoms with Crippen molar-refractivity contribution in [3.8, 4) is 0 Å². The van der Waals surface area contributed by atoms with Crippen LogP contribution in [-0.2, 0) is 14.8 Å². The Morgan fingerprint density at radius 3 is 2.65 bits per heavy atom. The fraction of sp³-hybridized carbons (Fsp3) is 0.450. The van der Waals surface area contributed by atoms with Crippen molar-refractivity contribution in [1.82, 2.24) is 5.32 Å². The number of carbonyl (C=O) groups excluding carboxylic acids is 1. The minimum absolute atomic E-state index is 0.120. The van der Waals surface area contributed by atoms with Gasteiger partial charge in [-0.3, -0.25) is 9.10 Å². The van der Waals surface area contributed by atoms with Gasteiger partial charge < -0.3 is 5.32 Å². The largest absolute Gasteiger partial charge is 0.352 e. The van der Waals surface area contributed by atoms with Crippen LogP contribution in [0, 0.1) is 11.8 Å². The van der Waals surface area contributed by atoms with Gasteiger partial charge in [-0.15, -0.1) is 0 Å². The van der Waals surface area contributed by atoms with E-state index >= 15 is 0 Å². The highest BCUT2D eigenvalue weighted by atomic mass is 32.2. The van der Waals surface area contributed by atoms with Crippen LogP contribution in [0.25, 0.3) is 10.8 Å². The Kier molecular flexibility index (Phi) is 4.18. The van der Waals surface area contributed by atoms with Crippen molar-refractivity contribution in [1.29, 1.82) is 0 Å². The van der Waals surface area contributed by atoms with Crippen LogP contribution in [0.4, 0.5) is 5.69 Å². The molecule has 1 fully saturated rings. The maximum atomic E-state index is 13.0. The second-order valence-electron chi connectivity index (χ2n) is 7.58. The lowest BCUT2D eigenvalue weighted by Gasteiger charge is -2.35. The Balaban J connectivity index is 1.59. The number of nitrogens with zero attached hydrogens (tertiary/aromatic N) is 1. The predicted octanol–water partition coefficient (Wildman–Crippen LogP) is 3.29. The minimum atomic E-state index is -3.69. The molecule has 0 saturated heterocycles. The Morgan fingerprint density at radius 1 is 1.15 bits per heavy atom. The van der Waals surface area contributed by atoms with Gasteiger partial charge in [0.05, 0.1) is 10.6 Å². The molecule has 26 heavy (non-hydrogen) atoms. The monoisotopic (exact) mass is 372 g/mol. The van der Waals surface area contributed by atoms with E-state index in [-0.39, 0.29) is 23.4 Å². The number of carbonyl (C=O) groups is 1. The summed E-state index contributed by atoms with van der Waals surface area (Å²) in [4.78, 5) is 13.0. The van der Waals surface area contributed by atoms with Gasteiger partial charge in [0, 0.05) is 11.4 Å². The van der Waals surface area contributed by atoms with Crippen molar-refractivity contribution in [3.63, 3.8) is 0 Å². The van der Waals surface area contributed by atoms with Crippen LogP contribution in [-0.4, -0.2) is 26.9 Å². The maximum Gasteiger partial charge on any atom is 0.265 e. The van der Waals surface area contributed by atoms with Crippen molar-refractivity contribution in [2.24, 2.45) is 11.8 Å². The van der Waals surface area contributed by atoms with Crippen LogP contribution in [0.2, 0.25) is 0 Å². The van der Waals surface area contributed by atoms with E-state index in [9.17, 15) is 13.2 Å². The van der Waals surface area contributed by atoms with Gasteiger partial charge >= 0.3 is 0 Å². The Bertz CT molecular complexity index is 965. The van der Waals surface area contributed by atoms with E-state index in [0.717, 1.165) is 18.2 Å². The summed E-state index contributed by atoms with van der Waals surface area (Å²) in [5, 5.41) is 4.66. The summed E-state index contributed by atoms with van der Waals surface area (Å²) in [6.45, 7) is 4.21. The molecule has 2 aliphatic rings. The molecule has 1 aliphatic heterocycles. The third kappa shape index (κ3) is 2.67. The third-order valence-electron chi connectivity index (χ3n) is 6.02. The number of rotatable bonds is 3. The number of hydrogen-bond donors (Lipinski definition) is 1. The van der Waals surface area contributed by atoms with Crippen molar-refractivity contribution in [2.45, 2.75) is 44.0 Å². The van der Waals surface area contributed by atoms with Crippen LogP contribution in [0.1, 0.15) is 33.1 Å². The smallest absolute Gasteiger partial charge is 0.265 e. The fourth-order valence-electron chi connectivity index (χ4n) is 4.30. The normalized spacial score (nSPS) is 26.8. The molecule has 138 valence electrons. The summed E-state index contributed by atoms with van der Waals surface area (Å²) < 4.78 is 27.2. The topological polar surface area (TPSA) is 66.5 Å². The summed E-state index contributed by atoms with van der Waals surface area (Å²) in [7, 11) is -3.69. The lowest BCUT2D eigenvalue weighted by Crippen LogP contribution is -2.47. The predicted molar refractivity (Wildman–Crippen MR) is 103 cm³/mol. The molecule has 0 radical (unpaired) electrons. The van der Waals surface area contributed by atoms with Gasteiger partial charge in [-0.25, -0.2) is 8.42 Å². The van der Waals surface area contributed by atoms with E-state index in [2.05, 4.69) is 19.2 Å². The number of sulfonamides is 1. The SMILES string of the molecule is CC1CCCC(NC(=O)CN2c3cccc4cccc(c34)S2(=O)=O)C1C. The number of anilines is 1. The first-order valence-electron chi connectivity index (χ1n) is 9.23. The Hall–Kier alpha value is -2.08. The Labute approximate surface area is 154 Å². The molecular formula is C20H24N2O3S. The van der Waals surface area contributed by atoms with Gasteiger partial charge in [-0.1, -0.05) is 51.0 Å². The highest BCUT2D eigenvalue weighted by Crippen LogP contribution is 2.41. The summed E-state index contributed by atoms with van der Waals surface area (Å²) in [6, 6.07) is 10.9. The first-order valence-corrected chi connectivity index (χ1v) is 10.7. The van der Waals surface area contributed by atoms with Gasteiger partial charge in [0.1, 0.15) is 6.54 Å². The molecule has 1 heterocycles. The van der Waals surface area contributed by atoms with Gasteiger partial charge in [0.2, 0.25) is 5.91 Å². The summed E-state index contributed by atoms with van der Waals surface area (Å²) >= 11 is 0. The molecule has 1 saturated carbocycles. The molecule has 0 bridgehead atoms. The van der Waals surface area contributed by atoms with Crippen LogP contribution >= 0.6 is 0 Å². The molecule has 2 aromatic rings. The first kappa shape index (κ1) is 17.3. The summed E-state index contributed by atoms with van der Waals surface area (Å²) in [5.74, 6) is 0.746. The molecule has 6 heteroatoms. The zero-order chi connectivity index (χ0) is 18.5. The van der Waals surface area contributed by atoms with Crippen LogP contribution in [0.15, 0.2) is 41.3 Å². The molecule has 3 unspecified atom stereocenters. The van der Waals surface area contributed by atoms with Crippen molar-refractivity contribution < 1.29 is 13.2 Å². The molecule has 0 spiro atoms. The number of nitrogens with one attached hydrogen (secondary N) is 1. The van der Waals surface area contributed by atoms with Crippen LogP contribution < -0.4 is 9.62 Å². The number of benzene rings is 2. The molecule has 1 aliphatic carbocycles. The van der Waals surface area contributed by atoms with Gasteiger partial charge in [0.25, 0.3) is 10.0 Å². The molecule has 4 rings (SSSR count). The zero-order valence-electron chi connectivity index (χ0n) is 15.1. The van der Waals surface area contributed by atoms with Gasteiger partial charge in [0.15, 0.2) is 0 Å². The van der Waals surface area contributed by atoms with E-state index in [0.29, 0.717) is 22.9 Å². The molecule has 1 N–H and O–H groups in total. The number of amides is 1. The third-order valence-corrected chi connectivity index (χ3v) is 7.82. The van der Waals surface area contributed by atoms with Crippen molar-refractivity contribution in [2.75, 3.05) is 10.8 Å². The first-order chi connectivity index (χ1) is 12.4. The highest BCUT2D eigenvalue weighted by molar-refractivity contribution is 7.93. The van der Waals surface area contributed by atoms with E-state index in [1.165, 1.54) is 10.7 Å². The van der Waals surface area contributed by atoms with Gasteiger partial charge in [-0.05, 0) is 35.8 Å². The lowest BCUT2D eigenvalue weighted by molar-refractivity contribution is -0.121. The second-order valence-corrected chi connectivity index (χ2v) is 9.42. The van der Waals surface area contributed by atoms with E-state index in [4.69, 9.17) is 0 Å². The molecule has 3 atom stereocenters. The second kappa shape index (κ2) is 6.27. The van der Waals surface area contributed by atoms with Crippen LogP contribution in [0.3, 0.4) is 0 Å². The number of hydrogen-bond acceptors (Lipinski definition) is 3. The minimum Gasteiger partial charge on any atom is -0.352 e. The van der Waals surface area contributed by atoms with Gasteiger partial charge in [-0.2, -0.15) is 0 Å². The standard InChI is InChI=1S/C20H24N2O3S/c1-13-6-3-9-16(14(13)2)21-19(23)12-22-17-10-4-7-15-8-5-11-18(20(15)17)26(22,24)25/h4-5,7-8,10-11,13-14,16H,3,6,9,12H2,1-2H3,(H,21,23). The van der Waals surface area contributed by atoms with Crippen molar-refractivity contribution >= 4 is 32.4 Å². The summed E-state index contributed by atoms with van der Waals surface area (Å²) in [6.07, 6.45) is 3.24. The maximum absolute atomic E-state index is 13.0. The Morgan fingerprint density at radius 2 is 1.88 bits per heavy atom. The average Bonchev–Trinajstić information content (AvgIpc) is 2.83. The van der Waals surface area contributed by atoms with E-state index < -0.39 is 10.0 Å². The molecule has 2 aromatic carbocycles. The molecule has 1 amide bonds. The quantitative estimate of drug-likeness (QED) is 0.899. The molecular weight excluding hydrogens is 348 g/mol. The zero-order valence-corrected chi connectivity index (χ0v) is 15.9. The van der Waals surface area contributed by atoms with E-state index in [1.54, 1.807) is 18.2 Å². The highest BCUT2D eigenvalue weighted by Gasteiger charge is 2.37. The average molecular weight is 372 g/mol. The van der Waals surface area contributed by atoms with Crippen LogP contribution in [0.5, 0.6) is 0 Å². The molecule has 5 nitrogen and oxygen atoms in total. The van der Waals surface area contributed by atoms with Crippen molar-refractivity contribution in [3.05, 3.63) is 36.4 Å². The molecule has 0 aromatic heterocycles. The fourth-order valence-corrected chi connectivity index (χ4v) is 5.96. The summed E-state index contributed by atoms with van der Waals surface area (Å²) in [5.41, 5.74) is 0.596. The lowest BCUT2D eigenvalue weighted by atomic mass is 9.78.